The molecule has 25 heavy (non-hydrogen) atoms. The van der Waals surface area contributed by atoms with Crippen LogP contribution < -0.4 is 4.90 Å². The van der Waals surface area contributed by atoms with E-state index in [2.05, 4.69) is 62.2 Å². The minimum atomic E-state index is -2.98. The number of hydrogen-bond acceptors (Lipinski definition) is 3. The molecule has 0 bridgehead atoms. The predicted molar refractivity (Wildman–Crippen MR) is 108 cm³/mol. The average molecular weight is 364 g/mol. The molecule has 0 aromatic heterocycles. The molecule has 4 atom stereocenters. The van der Waals surface area contributed by atoms with E-state index in [0.717, 1.165) is 25.8 Å². The summed E-state index contributed by atoms with van der Waals surface area (Å²) in [6, 6.07) is 10.5. The van der Waals surface area contributed by atoms with E-state index >= 15 is 0 Å². The number of rotatable bonds is 7. The maximum atomic E-state index is 12.0. The van der Waals surface area contributed by atoms with Gasteiger partial charge >= 0.3 is 0 Å². The minimum Gasteiger partial charge on any atom is -0.375 e. The summed E-state index contributed by atoms with van der Waals surface area (Å²) in [5.74, 6) is 1.30. The molecule has 0 spiro atoms. The maximum absolute atomic E-state index is 12.0. The lowest BCUT2D eigenvalue weighted by Gasteiger charge is -2.29. The molecule has 0 N–H and O–H groups in total. The molecule has 1 aromatic rings. The number of anilines is 1. The van der Waals surface area contributed by atoms with E-state index < -0.39 is 9.84 Å². The first-order valence-corrected chi connectivity index (χ1v) is 11.4. The van der Waals surface area contributed by atoms with Gasteiger partial charge in [-0.15, -0.1) is 0 Å². The number of sulfone groups is 1. The van der Waals surface area contributed by atoms with Crippen molar-refractivity contribution in [3.05, 3.63) is 42.5 Å². The van der Waals surface area contributed by atoms with Crippen molar-refractivity contribution in [1.29, 1.82) is 0 Å². The second-order valence-corrected chi connectivity index (χ2v) is 9.89. The molecule has 1 aliphatic carbocycles. The van der Waals surface area contributed by atoms with E-state index in [1.165, 1.54) is 11.9 Å². The summed E-state index contributed by atoms with van der Waals surface area (Å²) in [4.78, 5) is 2.31. The van der Waals surface area contributed by atoms with Gasteiger partial charge in [-0.2, -0.15) is 0 Å². The summed E-state index contributed by atoms with van der Waals surface area (Å²) < 4.78 is 24.1. The number of para-hydroxylation sites is 1. The first-order valence-electron chi connectivity index (χ1n) is 9.44. The fourth-order valence-corrected chi connectivity index (χ4v) is 5.53. The van der Waals surface area contributed by atoms with Crippen molar-refractivity contribution < 1.29 is 8.42 Å². The number of hydrogen-bond donors (Lipinski definition) is 0. The molecule has 1 unspecified atom stereocenters. The largest absolute Gasteiger partial charge is 0.375 e. The van der Waals surface area contributed by atoms with Crippen LogP contribution in [0.2, 0.25) is 0 Å². The van der Waals surface area contributed by atoms with Gasteiger partial charge in [-0.25, -0.2) is 8.42 Å². The summed E-state index contributed by atoms with van der Waals surface area (Å²) in [7, 11) is -0.829. The van der Waals surface area contributed by atoms with Crippen molar-refractivity contribution in [2.45, 2.75) is 44.8 Å². The molecular formula is C21H33NO2S. The van der Waals surface area contributed by atoms with Crippen LogP contribution in [0.25, 0.3) is 0 Å². The van der Waals surface area contributed by atoms with Crippen LogP contribution in [0.1, 0.15) is 39.5 Å². The molecule has 1 aliphatic rings. The Bertz CT molecular complexity index is 654. The molecule has 3 nitrogen and oxygen atoms in total. The van der Waals surface area contributed by atoms with Crippen molar-refractivity contribution in [3.8, 4) is 0 Å². The first kappa shape index (κ1) is 20.0. The van der Waals surface area contributed by atoms with Crippen molar-refractivity contribution in [2.75, 3.05) is 24.7 Å². The van der Waals surface area contributed by atoms with Gasteiger partial charge in [-0.05, 0) is 49.1 Å². The minimum absolute atomic E-state index is 0.218. The third kappa shape index (κ3) is 5.60. The zero-order valence-corrected chi connectivity index (χ0v) is 16.9. The van der Waals surface area contributed by atoms with Crippen molar-refractivity contribution in [1.82, 2.24) is 0 Å². The summed E-state index contributed by atoms with van der Waals surface area (Å²) >= 11 is 0. The fraction of sp³-hybridized carbons (Fsp3) is 0.619. The van der Waals surface area contributed by atoms with Crippen LogP contribution in [0.4, 0.5) is 5.69 Å². The molecule has 4 heteroatoms. The Morgan fingerprint density at radius 3 is 2.52 bits per heavy atom. The van der Waals surface area contributed by atoms with Gasteiger partial charge in [0.2, 0.25) is 0 Å². The molecule has 0 aliphatic heterocycles. The molecule has 1 aromatic carbocycles. The second kappa shape index (κ2) is 8.88. The summed E-state index contributed by atoms with van der Waals surface area (Å²) in [5, 5.41) is -0.224. The number of allylic oxidation sites excluding steroid dienone is 2. The van der Waals surface area contributed by atoms with Crippen molar-refractivity contribution in [2.24, 2.45) is 17.8 Å². The van der Waals surface area contributed by atoms with E-state index in [4.69, 9.17) is 0 Å². The smallest absolute Gasteiger partial charge is 0.150 e. The van der Waals surface area contributed by atoms with Gasteiger partial charge in [0.05, 0.1) is 5.25 Å². The second-order valence-electron chi connectivity index (χ2n) is 7.62. The van der Waals surface area contributed by atoms with Crippen LogP contribution in [0, 0.1) is 17.8 Å². The van der Waals surface area contributed by atoms with Crippen LogP contribution in [0.3, 0.4) is 0 Å². The number of nitrogens with zero attached hydrogens (tertiary/aromatic N) is 1. The average Bonchev–Trinajstić information content (AvgIpc) is 2.77. The van der Waals surface area contributed by atoms with Gasteiger partial charge in [-0.3, -0.25) is 0 Å². The lowest BCUT2D eigenvalue weighted by atomic mass is 9.81. The summed E-state index contributed by atoms with van der Waals surface area (Å²) in [6.45, 7) is 5.38. The molecule has 0 fully saturated rings. The number of benzene rings is 1. The Morgan fingerprint density at radius 2 is 1.92 bits per heavy atom. The Kier molecular flexibility index (Phi) is 7.12. The Morgan fingerprint density at radius 1 is 1.24 bits per heavy atom. The zero-order chi connectivity index (χ0) is 18.4. The van der Waals surface area contributed by atoms with Crippen LogP contribution in [-0.2, 0) is 9.84 Å². The predicted octanol–water partition coefficient (Wildman–Crippen LogP) is 4.55. The third-order valence-electron chi connectivity index (χ3n) is 5.74. The third-order valence-corrected chi connectivity index (χ3v) is 7.50. The zero-order valence-electron chi connectivity index (χ0n) is 16.1. The quantitative estimate of drug-likeness (QED) is 0.667. The summed E-state index contributed by atoms with van der Waals surface area (Å²) in [6.07, 6.45) is 9.69. The van der Waals surface area contributed by atoms with Gasteiger partial charge in [-0.1, -0.05) is 50.6 Å². The van der Waals surface area contributed by atoms with Crippen molar-refractivity contribution in [3.63, 3.8) is 0 Å². The van der Waals surface area contributed by atoms with Crippen molar-refractivity contribution >= 4 is 15.5 Å². The van der Waals surface area contributed by atoms with Crippen LogP contribution >= 0.6 is 0 Å². The highest BCUT2D eigenvalue weighted by Crippen LogP contribution is 2.34. The Labute approximate surface area is 154 Å². The van der Waals surface area contributed by atoms with Crippen LogP contribution in [-0.4, -0.2) is 33.5 Å². The molecule has 0 radical (unpaired) electrons. The van der Waals surface area contributed by atoms with Gasteiger partial charge in [0.25, 0.3) is 0 Å². The van der Waals surface area contributed by atoms with E-state index in [9.17, 15) is 8.42 Å². The fourth-order valence-electron chi connectivity index (χ4n) is 4.12. The lowest BCUT2D eigenvalue weighted by molar-refractivity contribution is 0.305. The molecule has 0 saturated carbocycles. The van der Waals surface area contributed by atoms with Gasteiger partial charge in [0.15, 0.2) is 9.84 Å². The highest BCUT2D eigenvalue weighted by Gasteiger charge is 2.31. The van der Waals surface area contributed by atoms with E-state index in [-0.39, 0.29) is 11.2 Å². The standard InChI is InChI=1S/C21H33NO2S/c1-5-18(14-15-22(3)20-11-7-6-8-12-20)19-10-9-13-21(17(2)16-19)25(4,23)24/h6-12,17-19,21H,5,13-16H2,1-4H3/t17-,18+,19?,21+/m1/s1. The maximum Gasteiger partial charge on any atom is 0.150 e. The van der Waals surface area contributed by atoms with E-state index in [1.807, 2.05) is 6.07 Å². The topological polar surface area (TPSA) is 37.4 Å². The van der Waals surface area contributed by atoms with Crippen LogP contribution in [0.5, 0.6) is 0 Å². The van der Waals surface area contributed by atoms with E-state index in [0.29, 0.717) is 18.3 Å². The molecule has 140 valence electrons. The molecule has 0 saturated heterocycles. The van der Waals surface area contributed by atoms with Gasteiger partial charge < -0.3 is 4.90 Å². The SMILES string of the molecule is CC[C@@H](CCN(C)c1ccccc1)C1C=CC[C@H](S(C)(=O)=O)[C@H](C)C1. The monoisotopic (exact) mass is 363 g/mol. The summed E-state index contributed by atoms with van der Waals surface area (Å²) in [5.41, 5.74) is 1.25. The Balaban J connectivity index is 1.98. The van der Waals surface area contributed by atoms with Gasteiger partial charge in [0.1, 0.15) is 0 Å². The normalized spacial score (nSPS) is 25.4. The lowest BCUT2D eigenvalue weighted by Crippen LogP contribution is -2.29. The highest BCUT2D eigenvalue weighted by atomic mass is 32.2. The highest BCUT2D eigenvalue weighted by molar-refractivity contribution is 7.91. The Hall–Kier alpha value is -1.29. The van der Waals surface area contributed by atoms with Crippen LogP contribution in [0.15, 0.2) is 42.5 Å². The molecule has 2 rings (SSSR count). The molecular weight excluding hydrogens is 330 g/mol. The van der Waals surface area contributed by atoms with Gasteiger partial charge in [0, 0.05) is 25.5 Å². The van der Waals surface area contributed by atoms with E-state index in [1.54, 1.807) is 0 Å². The molecule has 0 amide bonds. The molecule has 0 heterocycles. The first-order chi connectivity index (χ1) is 11.8.